The number of cyclic esters (lactones) is 1. The minimum Gasteiger partial charge on any atom is -0.462 e. The van der Waals surface area contributed by atoms with Crippen molar-refractivity contribution in [3.05, 3.63) is 30.3 Å². The summed E-state index contributed by atoms with van der Waals surface area (Å²) >= 11 is 0. The molecule has 1 aromatic carbocycles. The summed E-state index contributed by atoms with van der Waals surface area (Å²) in [6.45, 7) is 0.102. The molecule has 0 spiro atoms. The molecule has 5 nitrogen and oxygen atoms in total. The average Bonchev–Trinajstić information content (AvgIpc) is 2.25. The number of carbonyl (C=O) groups is 1. The summed E-state index contributed by atoms with van der Waals surface area (Å²) in [5.74, 6) is -0.533. The molecule has 80 valence electrons. The molecule has 1 aromatic rings. The summed E-state index contributed by atoms with van der Waals surface area (Å²) in [4.78, 5) is 10.9. The Balaban J connectivity index is 2.17. The monoisotopic (exact) mass is 227 g/mol. The van der Waals surface area contributed by atoms with E-state index >= 15 is 0 Å². The van der Waals surface area contributed by atoms with Crippen LogP contribution in [0, 0.1) is 0 Å². The molecule has 15 heavy (non-hydrogen) atoms. The lowest BCUT2D eigenvalue weighted by Crippen LogP contribution is -2.52. The van der Waals surface area contributed by atoms with Crippen molar-refractivity contribution in [2.75, 3.05) is 6.61 Å². The van der Waals surface area contributed by atoms with Crippen LogP contribution >= 0.6 is 0 Å². The van der Waals surface area contributed by atoms with Crippen molar-refractivity contribution in [3.8, 4) is 0 Å². The van der Waals surface area contributed by atoms with Crippen LogP contribution in [0.1, 0.15) is 0 Å². The van der Waals surface area contributed by atoms with E-state index in [2.05, 4.69) is 9.46 Å². The van der Waals surface area contributed by atoms with Gasteiger partial charge in [-0.25, -0.2) is 8.42 Å². The van der Waals surface area contributed by atoms with Gasteiger partial charge in [0.05, 0.1) is 4.90 Å². The Bertz CT molecular complexity index is 468. The number of esters is 1. The van der Waals surface area contributed by atoms with Gasteiger partial charge in [-0.1, -0.05) is 18.2 Å². The summed E-state index contributed by atoms with van der Waals surface area (Å²) in [6.07, 6.45) is 0. The van der Waals surface area contributed by atoms with Crippen LogP contribution in [0.15, 0.2) is 35.2 Å². The maximum Gasteiger partial charge on any atom is 0.327 e. The second-order valence-corrected chi connectivity index (χ2v) is 4.83. The van der Waals surface area contributed by atoms with Gasteiger partial charge in [-0.05, 0) is 12.1 Å². The van der Waals surface area contributed by atoms with Crippen LogP contribution in [0.25, 0.3) is 0 Å². The van der Waals surface area contributed by atoms with Gasteiger partial charge in [0.2, 0.25) is 10.0 Å². The number of ether oxygens (including phenoxy) is 1. The number of nitrogens with one attached hydrogen (secondary N) is 1. The van der Waals surface area contributed by atoms with Gasteiger partial charge in [0.15, 0.2) is 6.04 Å². The first-order valence-corrected chi connectivity index (χ1v) is 5.82. The molecule has 0 radical (unpaired) electrons. The number of carbonyl (C=O) groups excluding carboxylic acids is 1. The van der Waals surface area contributed by atoms with E-state index in [9.17, 15) is 13.2 Å². The summed E-state index contributed by atoms with van der Waals surface area (Å²) in [7, 11) is -3.60. The summed E-state index contributed by atoms with van der Waals surface area (Å²) < 4.78 is 30.0. The van der Waals surface area contributed by atoms with E-state index in [1.54, 1.807) is 18.2 Å². The Hall–Kier alpha value is -1.40. The lowest BCUT2D eigenvalue weighted by Gasteiger charge is -2.24. The Morgan fingerprint density at radius 1 is 1.27 bits per heavy atom. The predicted molar refractivity (Wildman–Crippen MR) is 51.5 cm³/mol. The van der Waals surface area contributed by atoms with Gasteiger partial charge < -0.3 is 4.74 Å². The van der Waals surface area contributed by atoms with Gasteiger partial charge in [-0.15, -0.1) is 0 Å². The van der Waals surface area contributed by atoms with Gasteiger partial charge in [0.1, 0.15) is 6.61 Å². The first-order chi connectivity index (χ1) is 7.09. The molecular formula is C9H9NO4S. The highest BCUT2D eigenvalue weighted by Crippen LogP contribution is 2.11. The van der Waals surface area contributed by atoms with Gasteiger partial charge in [-0.3, -0.25) is 4.79 Å². The van der Waals surface area contributed by atoms with E-state index < -0.39 is 22.0 Å². The first kappa shape index (κ1) is 10.1. The third-order valence-corrected chi connectivity index (χ3v) is 3.52. The maximum absolute atomic E-state index is 11.7. The smallest absolute Gasteiger partial charge is 0.327 e. The molecule has 0 aliphatic carbocycles. The molecule has 0 bridgehead atoms. The minimum absolute atomic E-state index is 0.102. The normalized spacial score (nSPS) is 20.5. The SMILES string of the molecule is O=C1OCC1NS(=O)(=O)c1ccccc1. The quantitative estimate of drug-likeness (QED) is 0.731. The molecule has 6 heteroatoms. The average molecular weight is 227 g/mol. The van der Waals surface area contributed by atoms with Gasteiger partial charge in [0.25, 0.3) is 0 Å². The fraction of sp³-hybridized carbons (Fsp3) is 0.222. The molecule has 1 unspecified atom stereocenters. The zero-order chi connectivity index (χ0) is 10.9. The predicted octanol–water partition coefficient (Wildman–Crippen LogP) is -0.110. The standard InChI is InChI=1S/C9H9NO4S/c11-9-8(6-14-9)10-15(12,13)7-4-2-1-3-5-7/h1-5,8,10H,6H2. The van der Waals surface area contributed by atoms with Crippen LogP contribution in [-0.4, -0.2) is 27.0 Å². The Kier molecular flexibility index (Phi) is 2.45. The van der Waals surface area contributed by atoms with Gasteiger partial charge in [0, 0.05) is 0 Å². The van der Waals surface area contributed by atoms with E-state index in [0.29, 0.717) is 0 Å². The molecule has 1 N–H and O–H groups in total. The lowest BCUT2D eigenvalue weighted by molar-refractivity contribution is -0.161. The molecule has 1 atom stereocenters. The molecule has 1 heterocycles. The van der Waals surface area contributed by atoms with Crippen LogP contribution in [0.2, 0.25) is 0 Å². The fourth-order valence-electron chi connectivity index (χ4n) is 1.17. The van der Waals surface area contributed by atoms with Crippen LogP contribution in [-0.2, 0) is 19.6 Å². The molecule has 0 amide bonds. The third-order valence-electron chi connectivity index (χ3n) is 2.03. The van der Waals surface area contributed by atoms with Crippen molar-refractivity contribution in [2.45, 2.75) is 10.9 Å². The van der Waals surface area contributed by atoms with E-state index in [1.165, 1.54) is 12.1 Å². The van der Waals surface area contributed by atoms with Crippen molar-refractivity contribution in [1.29, 1.82) is 0 Å². The first-order valence-electron chi connectivity index (χ1n) is 4.33. The van der Waals surface area contributed by atoms with E-state index in [4.69, 9.17) is 0 Å². The Labute approximate surface area is 87.1 Å². The lowest BCUT2D eigenvalue weighted by atomic mass is 10.3. The summed E-state index contributed by atoms with van der Waals surface area (Å²) in [5, 5.41) is 0. The maximum atomic E-state index is 11.7. The highest BCUT2D eigenvalue weighted by molar-refractivity contribution is 7.89. The van der Waals surface area contributed by atoms with Crippen molar-refractivity contribution in [1.82, 2.24) is 4.72 Å². The fourth-order valence-corrected chi connectivity index (χ4v) is 2.36. The minimum atomic E-state index is -3.60. The van der Waals surface area contributed by atoms with Crippen LogP contribution in [0.3, 0.4) is 0 Å². The topological polar surface area (TPSA) is 72.5 Å². The van der Waals surface area contributed by atoms with E-state index in [0.717, 1.165) is 0 Å². The van der Waals surface area contributed by atoms with Crippen molar-refractivity contribution in [3.63, 3.8) is 0 Å². The van der Waals surface area contributed by atoms with Crippen LogP contribution < -0.4 is 4.72 Å². The molecule has 1 aliphatic heterocycles. The third kappa shape index (κ3) is 2.00. The zero-order valence-electron chi connectivity index (χ0n) is 7.71. The number of hydrogen-bond acceptors (Lipinski definition) is 4. The molecule has 0 saturated carbocycles. The van der Waals surface area contributed by atoms with E-state index in [-0.39, 0.29) is 11.5 Å². The van der Waals surface area contributed by atoms with Crippen LogP contribution in [0.5, 0.6) is 0 Å². The van der Waals surface area contributed by atoms with Crippen molar-refractivity contribution >= 4 is 16.0 Å². The molecular weight excluding hydrogens is 218 g/mol. The Morgan fingerprint density at radius 2 is 1.93 bits per heavy atom. The number of rotatable bonds is 3. The highest BCUT2D eigenvalue weighted by Gasteiger charge is 2.34. The second kappa shape index (κ2) is 3.63. The number of benzene rings is 1. The molecule has 1 aliphatic rings. The van der Waals surface area contributed by atoms with Crippen molar-refractivity contribution < 1.29 is 17.9 Å². The highest BCUT2D eigenvalue weighted by atomic mass is 32.2. The molecule has 1 fully saturated rings. The van der Waals surface area contributed by atoms with Crippen molar-refractivity contribution in [2.24, 2.45) is 0 Å². The molecule has 2 rings (SSSR count). The summed E-state index contributed by atoms with van der Waals surface area (Å²) in [6, 6.07) is 7.14. The largest absolute Gasteiger partial charge is 0.462 e. The Morgan fingerprint density at radius 3 is 2.40 bits per heavy atom. The van der Waals surface area contributed by atoms with E-state index in [1.807, 2.05) is 0 Å². The molecule has 0 aromatic heterocycles. The van der Waals surface area contributed by atoms with Gasteiger partial charge in [-0.2, -0.15) is 4.72 Å². The molecule has 1 saturated heterocycles. The van der Waals surface area contributed by atoms with Gasteiger partial charge >= 0.3 is 5.97 Å². The second-order valence-electron chi connectivity index (χ2n) is 3.12. The number of hydrogen-bond donors (Lipinski definition) is 1. The summed E-state index contributed by atoms with van der Waals surface area (Å²) in [5.41, 5.74) is 0. The zero-order valence-corrected chi connectivity index (χ0v) is 8.53. The van der Waals surface area contributed by atoms with Crippen LogP contribution in [0.4, 0.5) is 0 Å². The number of sulfonamides is 1.